The summed E-state index contributed by atoms with van der Waals surface area (Å²) in [7, 11) is 3.09. The summed E-state index contributed by atoms with van der Waals surface area (Å²) in [5.74, 6) is 0.844. The number of carbonyl (C=O) groups excluding carboxylic acids is 2. The van der Waals surface area contributed by atoms with Crippen LogP contribution in [0.25, 0.3) is 5.57 Å². The van der Waals surface area contributed by atoms with E-state index in [-0.39, 0.29) is 11.8 Å². The van der Waals surface area contributed by atoms with Gasteiger partial charge in [-0.15, -0.1) is 0 Å². The van der Waals surface area contributed by atoms with Crippen LogP contribution in [-0.2, 0) is 9.59 Å². The summed E-state index contributed by atoms with van der Waals surface area (Å²) in [6.45, 7) is 7.77. The van der Waals surface area contributed by atoms with E-state index in [0.717, 1.165) is 42.6 Å². The predicted molar refractivity (Wildman–Crippen MR) is 125 cm³/mol. The minimum atomic E-state index is -0.324. The van der Waals surface area contributed by atoms with Gasteiger partial charge in [0.05, 0.1) is 25.5 Å². The molecule has 0 saturated carbocycles. The van der Waals surface area contributed by atoms with Crippen LogP contribution in [0.4, 0.5) is 5.69 Å². The van der Waals surface area contributed by atoms with Crippen molar-refractivity contribution in [1.82, 2.24) is 4.90 Å². The Morgan fingerprint density at radius 1 is 0.938 bits per heavy atom. The molecule has 2 amide bonds. The zero-order valence-electron chi connectivity index (χ0n) is 19.4. The fourth-order valence-corrected chi connectivity index (χ4v) is 4.55. The number of likely N-dealkylation sites (tertiary alicyclic amines) is 1. The number of hydrogen-bond donors (Lipinski definition) is 0. The van der Waals surface area contributed by atoms with Crippen LogP contribution in [0.2, 0.25) is 0 Å². The molecule has 2 aliphatic heterocycles. The van der Waals surface area contributed by atoms with Gasteiger partial charge in [-0.1, -0.05) is 25.1 Å². The number of aryl methyl sites for hydroxylation is 2. The van der Waals surface area contributed by atoms with Crippen molar-refractivity contribution in [1.29, 1.82) is 0 Å². The molecular formula is C26H30N2O4. The summed E-state index contributed by atoms with van der Waals surface area (Å²) >= 11 is 0. The van der Waals surface area contributed by atoms with Crippen LogP contribution in [0, 0.1) is 19.8 Å². The summed E-state index contributed by atoms with van der Waals surface area (Å²) < 4.78 is 10.8. The van der Waals surface area contributed by atoms with Crippen LogP contribution < -0.4 is 14.4 Å². The molecule has 0 radical (unpaired) electrons. The van der Waals surface area contributed by atoms with Crippen LogP contribution >= 0.6 is 0 Å². The molecule has 2 heterocycles. The number of amides is 2. The van der Waals surface area contributed by atoms with Crippen molar-refractivity contribution in [2.24, 2.45) is 5.92 Å². The number of benzene rings is 2. The third-order valence-corrected chi connectivity index (χ3v) is 6.46. The average molecular weight is 435 g/mol. The molecule has 2 aromatic carbocycles. The highest BCUT2D eigenvalue weighted by atomic mass is 16.5. The molecule has 2 aliphatic rings. The van der Waals surface area contributed by atoms with E-state index in [9.17, 15) is 9.59 Å². The minimum absolute atomic E-state index is 0.305. The van der Waals surface area contributed by atoms with Crippen molar-refractivity contribution in [2.45, 2.75) is 33.6 Å². The van der Waals surface area contributed by atoms with E-state index in [0.29, 0.717) is 34.4 Å². The fourth-order valence-electron chi connectivity index (χ4n) is 4.55. The van der Waals surface area contributed by atoms with Gasteiger partial charge in [0.1, 0.15) is 17.2 Å². The maximum atomic E-state index is 13.8. The molecule has 32 heavy (non-hydrogen) atoms. The number of imide groups is 1. The third kappa shape index (κ3) is 3.74. The summed E-state index contributed by atoms with van der Waals surface area (Å²) in [4.78, 5) is 30.9. The van der Waals surface area contributed by atoms with E-state index < -0.39 is 0 Å². The molecular weight excluding hydrogens is 404 g/mol. The third-order valence-electron chi connectivity index (χ3n) is 6.46. The highest BCUT2D eigenvalue weighted by Crippen LogP contribution is 2.41. The molecule has 0 spiro atoms. The number of anilines is 1. The Balaban J connectivity index is 1.86. The number of nitrogens with zero attached hydrogens (tertiary/aromatic N) is 2. The van der Waals surface area contributed by atoms with Crippen molar-refractivity contribution in [3.05, 3.63) is 58.8 Å². The molecule has 168 valence electrons. The summed E-state index contributed by atoms with van der Waals surface area (Å²) in [6.07, 6.45) is 2.12. The summed E-state index contributed by atoms with van der Waals surface area (Å²) in [5, 5.41) is 0. The topological polar surface area (TPSA) is 59.1 Å². The van der Waals surface area contributed by atoms with E-state index in [2.05, 4.69) is 11.8 Å². The molecule has 0 aromatic heterocycles. The van der Waals surface area contributed by atoms with Crippen LogP contribution in [-0.4, -0.2) is 44.0 Å². The average Bonchev–Trinajstić information content (AvgIpc) is 3.05. The number of hydrogen-bond acceptors (Lipinski definition) is 5. The Bertz CT molecular complexity index is 1110. The van der Waals surface area contributed by atoms with Crippen LogP contribution in [0.15, 0.2) is 42.1 Å². The zero-order chi connectivity index (χ0) is 23.0. The fraction of sp³-hybridized carbons (Fsp3) is 0.385. The molecule has 2 aromatic rings. The summed E-state index contributed by atoms with van der Waals surface area (Å²) in [5.41, 5.74) is 4.38. The zero-order valence-corrected chi connectivity index (χ0v) is 19.4. The van der Waals surface area contributed by atoms with E-state index in [1.807, 2.05) is 32.0 Å². The maximum Gasteiger partial charge on any atom is 0.282 e. The quantitative estimate of drug-likeness (QED) is 0.656. The van der Waals surface area contributed by atoms with E-state index in [4.69, 9.17) is 9.47 Å². The van der Waals surface area contributed by atoms with Crippen LogP contribution in [0.5, 0.6) is 11.5 Å². The van der Waals surface area contributed by atoms with Crippen molar-refractivity contribution >= 4 is 23.1 Å². The molecule has 6 nitrogen and oxygen atoms in total. The van der Waals surface area contributed by atoms with Crippen LogP contribution in [0.1, 0.15) is 36.5 Å². The normalized spacial score (nSPS) is 19.1. The lowest BCUT2D eigenvalue weighted by molar-refractivity contribution is -0.120. The molecule has 6 heteroatoms. The standard InChI is InChI=1S/C26H30N2O4/c1-16-7-6-12-27(15-16)24-23(19-9-8-17(2)18(3)13-19)25(29)28(26(24)30)21-11-10-20(31-4)14-22(21)32-5/h8-11,13-14,16H,6-7,12,15H2,1-5H3. The molecule has 0 bridgehead atoms. The first-order valence-corrected chi connectivity index (χ1v) is 11.0. The van der Waals surface area contributed by atoms with Gasteiger partial charge < -0.3 is 14.4 Å². The van der Waals surface area contributed by atoms with Crippen molar-refractivity contribution in [2.75, 3.05) is 32.2 Å². The highest BCUT2D eigenvalue weighted by Gasteiger charge is 2.44. The van der Waals surface area contributed by atoms with E-state index in [1.165, 1.54) is 12.0 Å². The lowest BCUT2D eigenvalue weighted by atomic mass is 9.96. The lowest BCUT2D eigenvalue weighted by Gasteiger charge is -2.33. The second-order valence-corrected chi connectivity index (χ2v) is 8.70. The number of ether oxygens (including phenoxy) is 2. The van der Waals surface area contributed by atoms with Crippen molar-refractivity contribution < 1.29 is 19.1 Å². The lowest BCUT2D eigenvalue weighted by Crippen LogP contribution is -2.39. The molecule has 4 rings (SSSR count). The molecule has 1 fully saturated rings. The van der Waals surface area contributed by atoms with Gasteiger partial charge in [-0.3, -0.25) is 9.59 Å². The Labute approximate surface area is 189 Å². The Kier molecular flexibility index (Phi) is 5.96. The van der Waals surface area contributed by atoms with Crippen molar-refractivity contribution in [3.63, 3.8) is 0 Å². The Morgan fingerprint density at radius 3 is 2.38 bits per heavy atom. The molecule has 1 saturated heterocycles. The maximum absolute atomic E-state index is 13.8. The van der Waals surface area contributed by atoms with Gasteiger partial charge in [0.2, 0.25) is 0 Å². The summed E-state index contributed by atoms with van der Waals surface area (Å²) in [6, 6.07) is 11.1. The second-order valence-electron chi connectivity index (χ2n) is 8.70. The second kappa shape index (κ2) is 8.69. The van der Waals surface area contributed by atoms with Gasteiger partial charge in [-0.25, -0.2) is 4.90 Å². The van der Waals surface area contributed by atoms with Gasteiger partial charge in [0.15, 0.2) is 0 Å². The van der Waals surface area contributed by atoms with Crippen molar-refractivity contribution in [3.8, 4) is 11.5 Å². The van der Waals surface area contributed by atoms with Gasteiger partial charge in [0.25, 0.3) is 11.8 Å². The smallest absolute Gasteiger partial charge is 0.282 e. The molecule has 0 aliphatic carbocycles. The number of methoxy groups -OCH3 is 2. The molecule has 1 atom stereocenters. The number of rotatable bonds is 5. The molecule has 0 N–H and O–H groups in total. The number of piperidine rings is 1. The SMILES string of the molecule is COc1ccc(N2C(=O)C(c3ccc(C)c(C)c3)=C(N3CCCC(C)C3)C2=O)c(OC)c1. The number of carbonyl (C=O) groups is 2. The van der Waals surface area contributed by atoms with E-state index in [1.54, 1.807) is 25.3 Å². The monoisotopic (exact) mass is 434 g/mol. The first kappa shape index (κ1) is 21.9. The minimum Gasteiger partial charge on any atom is -0.497 e. The predicted octanol–water partition coefficient (Wildman–Crippen LogP) is 4.34. The molecule has 1 unspecified atom stereocenters. The first-order chi connectivity index (χ1) is 15.3. The highest BCUT2D eigenvalue weighted by molar-refractivity contribution is 6.45. The van der Waals surface area contributed by atoms with E-state index >= 15 is 0 Å². The van der Waals surface area contributed by atoms with Gasteiger partial charge in [-0.2, -0.15) is 0 Å². The van der Waals surface area contributed by atoms with Crippen LogP contribution in [0.3, 0.4) is 0 Å². The van der Waals surface area contributed by atoms with Gasteiger partial charge in [-0.05, 0) is 61.4 Å². The van der Waals surface area contributed by atoms with Gasteiger partial charge in [0, 0.05) is 19.2 Å². The van der Waals surface area contributed by atoms with Gasteiger partial charge >= 0.3 is 0 Å². The Morgan fingerprint density at radius 2 is 1.72 bits per heavy atom. The first-order valence-electron chi connectivity index (χ1n) is 11.0. The largest absolute Gasteiger partial charge is 0.497 e. The Hall–Kier alpha value is -3.28.